The number of hydrogen-bond donors (Lipinski definition) is 2. The predicted octanol–water partition coefficient (Wildman–Crippen LogP) is 4.66. The first-order valence-electron chi connectivity index (χ1n) is 10.6. The van der Waals surface area contributed by atoms with E-state index >= 15 is 0 Å². The second-order valence-electron chi connectivity index (χ2n) is 9.44. The van der Waals surface area contributed by atoms with Gasteiger partial charge < -0.3 is 4.42 Å². The van der Waals surface area contributed by atoms with E-state index in [1.54, 1.807) is 11.8 Å². The smallest absolute Gasteiger partial charge is 0.305 e. The number of fused-ring (bicyclic) bond motifs is 1. The van der Waals surface area contributed by atoms with E-state index < -0.39 is 0 Å². The molecule has 4 fully saturated rings. The van der Waals surface area contributed by atoms with E-state index in [0.29, 0.717) is 17.8 Å². The molecule has 0 atom stereocenters. The molecule has 29 heavy (non-hydrogen) atoms. The second-order valence-corrected chi connectivity index (χ2v) is 10.3. The minimum absolute atomic E-state index is 0.0807. The average Bonchev–Trinajstić information content (AvgIpc) is 3.04. The zero-order chi connectivity index (χ0) is 20.0. The fourth-order valence-electron chi connectivity index (χ4n) is 6.64. The lowest BCUT2D eigenvalue weighted by Gasteiger charge is -2.56. The van der Waals surface area contributed by atoms with Gasteiger partial charge in [-0.05, 0) is 74.0 Å². The molecule has 4 aliphatic rings. The van der Waals surface area contributed by atoms with Crippen LogP contribution in [0.2, 0.25) is 0 Å². The van der Waals surface area contributed by atoms with Gasteiger partial charge in [-0.3, -0.25) is 20.4 Å². The van der Waals surface area contributed by atoms with Crippen molar-refractivity contribution in [3.63, 3.8) is 0 Å². The largest absolute Gasteiger partial charge is 0.451 e. The Hall–Kier alpha value is -1.95. The van der Waals surface area contributed by atoms with Crippen LogP contribution in [0.4, 0.5) is 0 Å². The normalized spacial score (nSPS) is 29.9. The first-order chi connectivity index (χ1) is 14.0. The molecule has 2 aromatic rings. The Morgan fingerprint density at radius 2 is 1.72 bits per heavy atom. The molecule has 0 spiro atoms. The summed E-state index contributed by atoms with van der Waals surface area (Å²) in [6, 6.07) is 7.66. The van der Waals surface area contributed by atoms with Crippen molar-refractivity contribution < 1.29 is 14.0 Å². The molecule has 0 radical (unpaired) electrons. The highest BCUT2D eigenvalue weighted by atomic mass is 32.2. The number of thioether (sulfide) groups is 1. The molecule has 6 heteroatoms. The van der Waals surface area contributed by atoms with Gasteiger partial charge >= 0.3 is 5.91 Å². The number of amides is 2. The molecule has 4 aliphatic carbocycles. The minimum Gasteiger partial charge on any atom is -0.451 e. The monoisotopic (exact) mass is 412 g/mol. The summed E-state index contributed by atoms with van der Waals surface area (Å²) in [6.07, 6.45) is 10.2. The lowest BCUT2D eigenvalue weighted by molar-refractivity contribution is -0.130. The molecule has 0 unspecified atom stereocenters. The Morgan fingerprint density at radius 1 is 1.07 bits per heavy atom. The van der Waals surface area contributed by atoms with Crippen LogP contribution in [0.25, 0.3) is 11.0 Å². The van der Waals surface area contributed by atoms with Crippen LogP contribution < -0.4 is 10.9 Å². The van der Waals surface area contributed by atoms with Gasteiger partial charge in [0, 0.05) is 23.1 Å². The molecule has 4 saturated carbocycles. The topological polar surface area (TPSA) is 71.3 Å². The summed E-state index contributed by atoms with van der Waals surface area (Å²) in [5.41, 5.74) is 7.00. The summed E-state index contributed by atoms with van der Waals surface area (Å²) in [6.45, 7) is 0. The molecular formula is C23H28N2O3S. The number of furan rings is 1. The standard InChI is InChI=1S/C23H28N2O3S/c1-29-13-18-17-4-2-3-5-19(17)28-21(18)22(27)25-24-20(26)12-23-9-14-6-15(10-23)8-16(7-14)11-23/h2-5,14-16H,6-13H2,1H3,(H,24,26)(H,25,27). The third-order valence-electron chi connectivity index (χ3n) is 7.21. The molecule has 2 N–H and O–H groups in total. The number of nitrogens with one attached hydrogen (secondary N) is 2. The molecule has 2 amide bonds. The Morgan fingerprint density at radius 3 is 2.38 bits per heavy atom. The highest BCUT2D eigenvalue weighted by molar-refractivity contribution is 7.97. The maximum absolute atomic E-state index is 12.7. The SMILES string of the molecule is CSCc1c(C(=O)NNC(=O)CC23CC4CC(CC(C4)C2)C3)oc2ccccc12. The molecule has 1 aromatic carbocycles. The van der Waals surface area contributed by atoms with E-state index in [-0.39, 0.29) is 23.0 Å². The maximum Gasteiger partial charge on any atom is 0.305 e. The van der Waals surface area contributed by atoms with Crippen LogP contribution in [0.1, 0.15) is 61.1 Å². The van der Waals surface area contributed by atoms with Crippen LogP contribution >= 0.6 is 11.8 Å². The van der Waals surface area contributed by atoms with Gasteiger partial charge in [-0.2, -0.15) is 11.8 Å². The van der Waals surface area contributed by atoms with Crippen molar-refractivity contribution in [3.05, 3.63) is 35.6 Å². The lowest BCUT2D eigenvalue weighted by Crippen LogP contribution is -2.50. The predicted molar refractivity (Wildman–Crippen MR) is 114 cm³/mol. The highest BCUT2D eigenvalue weighted by Crippen LogP contribution is 2.61. The van der Waals surface area contributed by atoms with E-state index in [1.807, 2.05) is 30.5 Å². The van der Waals surface area contributed by atoms with Crippen molar-refractivity contribution in [2.75, 3.05) is 6.26 Å². The number of para-hydroxylation sites is 1. The third-order valence-corrected chi connectivity index (χ3v) is 7.79. The molecule has 1 heterocycles. The molecule has 1 aromatic heterocycles. The van der Waals surface area contributed by atoms with Gasteiger partial charge in [0.05, 0.1) is 0 Å². The first kappa shape index (κ1) is 19.0. The van der Waals surface area contributed by atoms with E-state index in [0.717, 1.165) is 28.7 Å². The summed E-state index contributed by atoms with van der Waals surface area (Å²) in [4.78, 5) is 25.4. The summed E-state index contributed by atoms with van der Waals surface area (Å²) < 4.78 is 5.80. The number of carbonyl (C=O) groups excluding carboxylic acids is 2. The van der Waals surface area contributed by atoms with Crippen LogP contribution in [0, 0.1) is 23.2 Å². The van der Waals surface area contributed by atoms with Crippen LogP contribution in [-0.2, 0) is 10.5 Å². The molecule has 5 nitrogen and oxygen atoms in total. The fourth-order valence-corrected chi connectivity index (χ4v) is 7.22. The van der Waals surface area contributed by atoms with Crippen molar-refractivity contribution in [2.24, 2.45) is 23.2 Å². The van der Waals surface area contributed by atoms with Crippen LogP contribution in [0.3, 0.4) is 0 Å². The average molecular weight is 413 g/mol. The Kier molecular flexibility index (Phi) is 4.85. The minimum atomic E-state index is -0.385. The van der Waals surface area contributed by atoms with Crippen molar-refractivity contribution in [1.82, 2.24) is 10.9 Å². The lowest BCUT2D eigenvalue weighted by atomic mass is 9.49. The quantitative estimate of drug-likeness (QED) is 0.701. The Labute approximate surface area is 175 Å². The summed E-state index contributed by atoms with van der Waals surface area (Å²) in [5.74, 6) is 2.94. The van der Waals surface area contributed by atoms with Crippen molar-refractivity contribution in [2.45, 2.75) is 50.7 Å². The van der Waals surface area contributed by atoms with Crippen LogP contribution in [0.5, 0.6) is 0 Å². The molecular weight excluding hydrogens is 384 g/mol. The van der Waals surface area contributed by atoms with Gasteiger partial charge in [-0.1, -0.05) is 18.2 Å². The number of hydrazine groups is 1. The second kappa shape index (κ2) is 7.38. The molecule has 0 aliphatic heterocycles. The van der Waals surface area contributed by atoms with Crippen LogP contribution in [0.15, 0.2) is 28.7 Å². The fraction of sp³-hybridized carbons (Fsp3) is 0.565. The zero-order valence-corrected chi connectivity index (χ0v) is 17.6. The van der Waals surface area contributed by atoms with Crippen molar-refractivity contribution in [1.29, 1.82) is 0 Å². The van der Waals surface area contributed by atoms with Crippen LogP contribution in [-0.4, -0.2) is 18.1 Å². The Balaban J connectivity index is 1.25. The molecule has 154 valence electrons. The number of rotatable bonds is 5. The first-order valence-corrected chi connectivity index (χ1v) is 12.0. The molecule has 0 saturated heterocycles. The van der Waals surface area contributed by atoms with Crippen molar-refractivity contribution in [3.8, 4) is 0 Å². The van der Waals surface area contributed by atoms with Gasteiger partial charge in [0.25, 0.3) is 0 Å². The number of carbonyl (C=O) groups is 2. The third kappa shape index (κ3) is 3.56. The number of hydrogen-bond acceptors (Lipinski definition) is 4. The maximum atomic E-state index is 12.7. The zero-order valence-electron chi connectivity index (χ0n) is 16.8. The van der Waals surface area contributed by atoms with E-state index in [4.69, 9.17) is 4.42 Å². The van der Waals surface area contributed by atoms with Gasteiger partial charge in [0.15, 0.2) is 5.76 Å². The molecule has 4 bridgehead atoms. The van der Waals surface area contributed by atoms with Crippen molar-refractivity contribution >= 4 is 34.5 Å². The number of benzene rings is 1. The summed E-state index contributed by atoms with van der Waals surface area (Å²) in [5, 5.41) is 0.951. The van der Waals surface area contributed by atoms with Gasteiger partial charge in [0.1, 0.15) is 5.58 Å². The molecule has 6 rings (SSSR count). The van der Waals surface area contributed by atoms with E-state index in [2.05, 4.69) is 10.9 Å². The van der Waals surface area contributed by atoms with Gasteiger partial charge in [-0.15, -0.1) is 0 Å². The highest BCUT2D eigenvalue weighted by Gasteiger charge is 2.51. The summed E-state index contributed by atoms with van der Waals surface area (Å²) in [7, 11) is 0. The summed E-state index contributed by atoms with van der Waals surface area (Å²) >= 11 is 1.64. The van der Waals surface area contributed by atoms with Gasteiger partial charge in [0.2, 0.25) is 5.91 Å². The van der Waals surface area contributed by atoms with E-state index in [1.165, 1.54) is 38.5 Å². The van der Waals surface area contributed by atoms with Gasteiger partial charge in [-0.25, -0.2) is 0 Å². The van der Waals surface area contributed by atoms with E-state index in [9.17, 15) is 9.59 Å². The Bertz CT molecular complexity index is 915.